The van der Waals surface area contributed by atoms with Crippen LogP contribution in [0.1, 0.15) is 43.7 Å². The number of nitrogens with zero attached hydrogens (tertiary/aromatic N) is 2. The number of aryl methyl sites for hydroxylation is 1. The van der Waals surface area contributed by atoms with Gasteiger partial charge >= 0.3 is 0 Å². The van der Waals surface area contributed by atoms with Gasteiger partial charge in [0.15, 0.2) is 5.13 Å². The fraction of sp³-hybridized carbons (Fsp3) is 0.812. The zero-order chi connectivity index (χ0) is 15.3. The van der Waals surface area contributed by atoms with E-state index in [2.05, 4.69) is 31.0 Å². The molecule has 1 aromatic rings. The first kappa shape index (κ1) is 16.7. The number of thiazole rings is 1. The Bertz CT molecular complexity index is 439. The Labute approximate surface area is 132 Å². The minimum Gasteiger partial charge on any atom is -0.383 e. The predicted molar refractivity (Wildman–Crippen MR) is 90.3 cm³/mol. The first-order valence-electron chi connectivity index (χ1n) is 7.99. The Balaban J connectivity index is 1.90. The quantitative estimate of drug-likeness (QED) is 0.785. The van der Waals surface area contributed by atoms with E-state index < -0.39 is 0 Å². The average molecular weight is 311 g/mol. The normalized spacial score (nSPS) is 18.2. The van der Waals surface area contributed by atoms with Crippen LogP contribution < -0.4 is 10.2 Å². The van der Waals surface area contributed by atoms with E-state index in [4.69, 9.17) is 9.72 Å². The molecule has 2 heterocycles. The molecule has 0 amide bonds. The van der Waals surface area contributed by atoms with E-state index in [9.17, 15) is 0 Å². The summed E-state index contributed by atoms with van der Waals surface area (Å²) in [6.45, 7) is 11.7. The lowest BCUT2D eigenvalue weighted by atomic mass is 9.78. The molecular weight excluding hydrogens is 282 g/mol. The maximum atomic E-state index is 5.06. The van der Waals surface area contributed by atoms with Crippen molar-refractivity contribution >= 4 is 16.5 Å². The van der Waals surface area contributed by atoms with Crippen LogP contribution in [-0.2, 0) is 11.3 Å². The van der Waals surface area contributed by atoms with Crippen LogP contribution in [0.5, 0.6) is 0 Å². The topological polar surface area (TPSA) is 37.4 Å². The number of methoxy groups -OCH3 is 1. The van der Waals surface area contributed by atoms with Crippen molar-refractivity contribution in [2.45, 2.75) is 46.6 Å². The third-order valence-electron chi connectivity index (χ3n) is 4.74. The van der Waals surface area contributed by atoms with Crippen LogP contribution in [0.4, 0.5) is 5.13 Å². The highest BCUT2D eigenvalue weighted by atomic mass is 32.1. The van der Waals surface area contributed by atoms with Gasteiger partial charge in [-0.15, -0.1) is 11.3 Å². The van der Waals surface area contributed by atoms with Crippen LogP contribution in [0.15, 0.2) is 0 Å². The molecule has 1 aliphatic rings. The van der Waals surface area contributed by atoms with Gasteiger partial charge in [0, 0.05) is 38.2 Å². The number of nitrogens with one attached hydrogen (secondary N) is 1. The van der Waals surface area contributed by atoms with Crippen molar-refractivity contribution in [3.05, 3.63) is 10.6 Å². The molecule has 5 heteroatoms. The molecule has 0 aromatic carbocycles. The molecule has 120 valence electrons. The second-order valence-electron chi connectivity index (χ2n) is 6.33. The van der Waals surface area contributed by atoms with Crippen molar-refractivity contribution < 1.29 is 4.74 Å². The number of piperidine rings is 1. The van der Waals surface area contributed by atoms with Crippen molar-refractivity contribution in [3.63, 3.8) is 0 Å². The SMILES string of the molecule is CCC1(C)CCN(c2nc(C)c(CNCCOC)s2)CC1. The summed E-state index contributed by atoms with van der Waals surface area (Å²) in [6.07, 6.45) is 3.85. The van der Waals surface area contributed by atoms with Crippen molar-refractivity contribution in [2.24, 2.45) is 5.41 Å². The second kappa shape index (κ2) is 7.56. The third kappa shape index (κ3) is 4.41. The van der Waals surface area contributed by atoms with E-state index in [1.165, 1.54) is 35.0 Å². The largest absolute Gasteiger partial charge is 0.383 e. The van der Waals surface area contributed by atoms with E-state index in [1.807, 2.05) is 11.3 Å². The van der Waals surface area contributed by atoms with Gasteiger partial charge < -0.3 is 15.0 Å². The highest BCUT2D eigenvalue weighted by molar-refractivity contribution is 7.15. The summed E-state index contributed by atoms with van der Waals surface area (Å²) in [5.74, 6) is 0. The zero-order valence-electron chi connectivity index (χ0n) is 13.9. The molecule has 0 spiro atoms. The fourth-order valence-corrected chi connectivity index (χ4v) is 3.76. The maximum absolute atomic E-state index is 5.06. The molecule has 1 saturated heterocycles. The Morgan fingerprint density at radius 3 is 2.71 bits per heavy atom. The Morgan fingerprint density at radius 1 is 1.38 bits per heavy atom. The van der Waals surface area contributed by atoms with Gasteiger partial charge in [-0.05, 0) is 25.2 Å². The summed E-state index contributed by atoms with van der Waals surface area (Å²) in [4.78, 5) is 8.60. The van der Waals surface area contributed by atoms with E-state index in [0.29, 0.717) is 5.41 Å². The minimum atomic E-state index is 0.535. The highest BCUT2D eigenvalue weighted by Gasteiger charge is 2.29. The number of anilines is 1. The first-order valence-corrected chi connectivity index (χ1v) is 8.80. The van der Waals surface area contributed by atoms with E-state index in [1.54, 1.807) is 7.11 Å². The van der Waals surface area contributed by atoms with Gasteiger partial charge in [-0.3, -0.25) is 0 Å². The molecule has 0 saturated carbocycles. The lowest BCUT2D eigenvalue weighted by Crippen LogP contribution is -2.38. The van der Waals surface area contributed by atoms with E-state index in [0.717, 1.165) is 32.8 Å². The van der Waals surface area contributed by atoms with Gasteiger partial charge in [-0.1, -0.05) is 20.3 Å². The van der Waals surface area contributed by atoms with Crippen molar-refractivity contribution in [1.82, 2.24) is 10.3 Å². The molecule has 1 fully saturated rings. The van der Waals surface area contributed by atoms with Gasteiger partial charge in [-0.2, -0.15) is 0 Å². The lowest BCUT2D eigenvalue weighted by molar-refractivity contribution is 0.199. The molecule has 0 aliphatic carbocycles. The van der Waals surface area contributed by atoms with Gasteiger partial charge in [0.05, 0.1) is 12.3 Å². The summed E-state index contributed by atoms with van der Waals surface area (Å²) in [5.41, 5.74) is 1.71. The number of aromatic nitrogens is 1. The predicted octanol–water partition coefficient (Wildman–Crippen LogP) is 3.20. The Morgan fingerprint density at radius 2 is 2.10 bits per heavy atom. The molecule has 1 N–H and O–H groups in total. The smallest absolute Gasteiger partial charge is 0.185 e. The van der Waals surface area contributed by atoms with Gasteiger partial charge in [0.1, 0.15) is 0 Å². The monoisotopic (exact) mass is 311 g/mol. The van der Waals surface area contributed by atoms with E-state index in [-0.39, 0.29) is 0 Å². The summed E-state index contributed by atoms with van der Waals surface area (Å²) in [5, 5.41) is 4.61. The fourth-order valence-electron chi connectivity index (χ4n) is 2.68. The van der Waals surface area contributed by atoms with Crippen LogP contribution in [0.2, 0.25) is 0 Å². The third-order valence-corrected chi connectivity index (χ3v) is 5.96. The van der Waals surface area contributed by atoms with Gasteiger partial charge in [0.2, 0.25) is 0 Å². The Hall–Kier alpha value is -0.650. The molecule has 0 atom stereocenters. The lowest BCUT2D eigenvalue weighted by Gasteiger charge is -2.38. The van der Waals surface area contributed by atoms with Crippen LogP contribution in [-0.4, -0.2) is 38.3 Å². The van der Waals surface area contributed by atoms with Crippen LogP contribution >= 0.6 is 11.3 Å². The summed E-state index contributed by atoms with van der Waals surface area (Å²) >= 11 is 1.84. The standard InChI is InChI=1S/C16H29N3OS/c1-5-16(3)6-9-19(10-7-16)15-18-13(2)14(21-15)12-17-8-11-20-4/h17H,5-12H2,1-4H3. The Kier molecular flexibility index (Phi) is 6.02. The minimum absolute atomic E-state index is 0.535. The van der Waals surface area contributed by atoms with Crippen LogP contribution in [0.3, 0.4) is 0 Å². The summed E-state index contributed by atoms with van der Waals surface area (Å²) < 4.78 is 5.06. The van der Waals surface area contributed by atoms with E-state index >= 15 is 0 Å². The molecular formula is C16H29N3OS. The number of rotatable bonds is 7. The number of ether oxygens (including phenoxy) is 1. The number of hydrogen-bond acceptors (Lipinski definition) is 5. The maximum Gasteiger partial charge on any atom is 0.185 e. The molecule has 0 radical (unpaired) electrons. The summed E-state index contributed by atoms with van der Waals surface area (Å²) in [6, 6.07) is 0. The molecule has 2 rings (SSSR count). The highest BCUT2D eigenvalue weighted by Crippen LogP contribution is 2.37. The van der Waals surface area contributed by atoms with Crippen molar-refractivity contribution in [1.29, 1.82) is 0 Å². The molecule has 1 aromatic heterocycles. The van der Waals surface area contributed by atoms with Crippen molar-refractivity contribution in [3.8, 4) is 0 Å². The van der Waals surface area contributed by atoms with Crippen LogP contribution in [0, 0.1) is 12.3 Å². The van der Waals surface area contributed by atoms with Crippen LogP contribution in [0.25, 0.3) is 0 Å². The first-order chi connectivity index (χ1) is 10.1. The van der Waals surface area contributed by atoms with Crippen molar-refractivity contribution in [2.75, 3.05) is 38.3 Å². The molecule has 4 nitrogen and oxygen atoms in total. The number of hydrogen-bond donors (Lipinski definition) is 1. The summed E-state index contributed by atoms with van der Waals surface area (Å²) in [7, 11) is 1.73. The second-order valence-corrected chi connectivity index (χ2v) is 7.39. The van der Waals surface area contributed by atoms with Gasteiger partial charge in [-0.25, -0.2) is 4.98 Å². The molecule has 0 bridgehead atoms. The van der Waals surface area contributed by atoms with Gasteiger partial charge in [0.25, 0.3) is 0 Å². The zero-order valence-corrected chi connectivity index (χ0v) is 14.7. The molecule has 0 unspecified atom stereocenters. The average Bonchev–Trinajstić information content (AvgIpc) is 2.86. The molecule has 1 aliphatic heterocycles. The molecule has 21 heavy (non-hydrogen) atoms.